The molecule has 1 aliphatic rings. The average molecular weight is 333 g/mol. The van der Waals surface area contributed by atoms with E-state index in [1.165, 1.54) is 12.8 Å². The topological polar surface area (TPSA) is 68.9 Å². The molecule has 5 nitrogen and oxygen atoms in total. The Bertz CT molecular complexity index is 537. The van der Waals surface area contributed by atoms with Crippen LogP contribution in [-0.4, -0.2) is 25.7 Å². The van der Waals surface area contributed by atoms with E-state index in [0.717, 1.165) is 42.9 Å². The molecule has 0 radical (unpaired) electrons. The molecule has 0 heterocycles. The molecule has 24 heavy (non-hydrogen) atoms. The van der Waals surface area contributed by atoms with Crippen molar-refractivity contribution in [2.45, 2.75) is 58.6 Å². The monoisotopic (exact) mass is 333 g/mol. The molecule has 0 unspecified atom stereocenters. The summed E-state index contributed by atoms with van der Waals surface area (Å²) in [5.41, 5.74) is 6.98. The maximum absolute atomic E-state index is 6.12. The van der Waals surface area contributed by atoms with Gasteiger partial charge in [-0.05, 0) is 55.7 Å². The molecule has 134 valence electrons. The molecular weight excluding hydrogens is 302 g/mol. The molecule has 1 aromatic rings. The standard InChI is InChI=1S/C19H31N3O2/c1-14(2)10-11-21-19(20)22-13-15-8-9-17(23-3)18(12-15)24-16-6-4-5-7-16/h8-9,12,14,16H,4-7,10-11,13H2,1-3H3,(H3,20,21,22). The number of guanidine groups is 1. The third-order valence-corrected chi connectivity index (χ3v) is 4.28. The van der Waals surface area contributed by atoms with Gasteiger partial charge in [0.2, 0.25) is 0 Å². The first-order valence-corrected chi connectivity index (χ1v) is 8.96. The molecule has 0 spiro atoms. The summed E-state index contributed by atoms with van der Waals surface area (Å²) in [7, 11) is 1.67. The van der Waals surface area contributed by atoms with Gasteiger partial charge in [0.05, 0.1) is 19.8 Å². The second-order valence-corrected chi connectivity index (χ2v) is 6.82. The number of ether oxygens (including phenoxy) is 2. The largest absolute Gasteiger partial charge is 0.493 e. The van der Waals surface area contributed by atoms with Crippen LogP contribution in [0.1, 0.15) is 51.5 Å². The zero-order chi connectivity index (χ0) is 17.4. The zero-order valence-corrected chi connectivity index (χ0v) is 15.2. The fraction of sp³-hybridized carbons (Fsp3) is 0.632. The van der Waals surface area contributed by atoms with Gasteiger partial charge in [0.1, 0.15) is 0 Å². The van der Waals surface area contributed by atoms with E-state index in [0.29, 0.717) is 24.5 Å². The molecule has 0 saturated heterocycles. The third kappa shape index (κ3) is 5.95. The van der Waals surface area contributed by atoms with E-state index < -0.39 is 0 Å². The number of hydrogen-bond acceptors (Lipinski definition) is 3. The normalized spacial score (nSPS) is 15.8. The molecule has 1 aromatic carbocycles. The van der Waals surface area contributed by atoms with Crippen molar-refractivity contribution in [3.05, 3.63) is 23.8 Å². The predicted molar refractivity (Wildman–Crippen MR) is 98.7 cm³/mol. The van der Waals surface area contributed by atoms with E-state index >= 15 is 0 Å². The smallest absolute Gasteiger partial charge is 0.188 e. The third-order valence-electron chi connectivity index (χ3n) is 4.28. The summed E-state index contributed by atoms with van der Waals surface area (Å²) < 4.78 is 11.5. The van der Waals surface area contributed by atoms with Crippen LogP contribution in [-0.2, 0) is 6.54 Å². The molecule has 1 saturated carbocycles. The van der Waals surface area contributed by atoms with Crippen molar-refractivity contribution in [1.29, 1.82) is 0 Å². The molecular formula is C19H31N3O2. The Labute approximate surface area is 145 Å². The number of methoxy groups -OCH3 is 1. The van der Waals surface area contributed by atoms with Crippen molar-refractivity contribution < 1.29 is 9.47 Å². The van der Waals surface area contributed by atoms with Gasteiger partial charge in [0.15, 0.2) is 17.5 Å². The van der Waals surface area contributed by atoms with Crippen LogP contribution in [0.25, 0.3) is 0 Å². The summed E-state index contributed by atoms with van der Waals surface area (Å²) in [6.07, 6.45) is 6.13. The maximum Gasteiger partial charge on any atom is 0.188 e. The minimum atomic E-state index is 0.306. The number of hydrogen-bond donors (Lipinski definition) is 2. The molecule has 1 aliphatic carbocycles. The Kier molecular flexibility index (Phi) is 7.22. The van der Waals surface area contributed by atoms with Gasteiger partial charge in [-0.2, -0.15) is 0 Å². The number of nitrogens with one attached hydrogen (secondary N) is 1. The van der Waals surface area contributed by atoms with Gasteiger partial charge < -0.3 is 20.5 Å². The highest BCUT2D eigenvalue weighted by Crippen LogP contribution is 2.32. The van der Waals surface area contributed by atoms with E-state index in [-0.39, 0.29) is 0 Å². The fourth-order valence-electron chi connectivity index (χ4n) is 2.82. The molecule has 0 bridgehead atoms. The maximum atomic E-state index is 6.12. The Morgan fingerprint density at radius 3 is 2.71 bits per heavy atom. The second kappa shape index (κ2) is 9.40. The Morgan fingerprint density at radius 1 is 1.29 bits per heavy atom. The summed E-state index contributed by atoms with van der Waals surface area (Å²) >= 11 is 0. The molecule has 3 N–H and O–H groups in total. The van der Waals surface area contributed by atoms with E-state index in [9.17, 15) is 0 Å². The van der Waals surface area contributed by atoms with E-state index in [4.69, 9.17) is 15.2 Å². The highest BCUT2D eigenvalue weighted by atomic mass is 16.5. The zero-order valence-electron chi connectivity index (χ0n) is 15.2. The first-order valence-electron chi connectivity index (χ1n) is 8.96. The van der Waals surface area contributed by atoms with Crippen molar-refractivity contribution in [3.63, 3.8) is 0 Å². The quantitative estimate of drug-likeness (QED) is 0.564. The number of aliphatic imine (C=N–C) groups is 1. The van der Waals surface area contributed by atoms with Crippen LogP contribution in [0, 0.1) is 5.92 Å². The van der Waals surface area contributed by atoms with Crippen LogP contribution in [0.4, 0.5) is 0 Å². The van der Waals surface area contributed by atoms with Gasteiger partial charge in [-0.1, -0.05) is 19.9 Å². The first-order chi connectivity index (χ1) is 11.6. The van der Waals surface area contributed by atoms with Crippen LogP contribution in [0.5, 0.6) is 11.5 Å². The second-order valence-electron chi connectivity index (χ2n) is 6.82. The van der Waals surface area contributed by atoms with E-state index in [1.807, 2.05) is 18.2 Å². The number of benzene rings is 1. The van der Waals surface area contributed by atoms with Crippen molar-refractivity contribution in [2.75, 3.05) is 13.7 Å². The summed E-state index contributed by atoms with van der Waals surface area (Å²) in [5.74, 6) is 2.73. The Morgan fingerprint density at radius 2 is 2.04 bits per heavy atom. The molecule has 0 atom stereocenters. The van der Waals surface area contributed by atoms with Gasteiger partial charge >= 0.3 is 0 Å². The molecule has 0 amide bonds. The molecule has 0 aliphatic heterocycles. The average Bonchev–Trinajstić information content (AvgIpc) is 3.06. The summed E-state index contributed by atoms with van der Waals surface area (Å²) in [6.45, 7) is 5.77. The SMILES string of the molecule is COc1ccc(CN=C(N)NCCC(C)C)cc1OC1CCCC1. The van der Waals surface area contributed by atoms with Crippen LogP contribution in [0.2, 0.25) is 0 Å². The van der Waals surface area contributed by atoms with Crippen LogP contribution in [0.3, 0.4) is 0 Å². The first kappa shape index (κ1) is 18.4. The molecule has 0 aromatic heterocycles. The number of rotatable bonds is 8. The van der Waals surface area contributed by atoms with Crippen LogP contribution < -0.4 is 20.5 Å². The van der Waals surface area contributed by atoms with Crippen molar-refractivity contribution in [1.82, 2.24) is 5.32 Å². The summed E-state index contributed by atoms with van der Waals surface area (Å²) in [5, 5.41) is 3.15. The highest BCUT2D eigenvalue weighted by molar-refractivity contribution is 5.77. The predicted octanol–water partition coefficient (Wildman–Crippen LogP) is 3.47. The Hall–Kier alpha value is -1.91. The lowest BCUT2D eigenvalue weighted by atomic mass is 10.1. The summed E-state index contributed by atoms with van der Waals surface area (Å²) in [4.78, 5) is 4.41. The lowest BCUT2D eigenvalue weighted by molar-refractivity contribution is 0.200. The van der Waals surface area contributed by atoms with E-state index in [2.05, 4.69) is 24.2 Å². The highest BCUT2D eigenvalue weighted by Gasteiger charge is 2.18. The van der Waals surface area contributed by atoms with Gasteiger partial charge in [0.25, 0.3) is 0 Å². The van der Waals surface area contributed by atoms with Gasteiger partial charge in [0, 0.05) is 6.54 Å². The van der Waals surface area contributed by atoms with Crippen molar-refractivity contribution >= 4 is 5.96 Å². The molecule has 2 rings (SSSR count). The van der Waals surface area contributed by atoms with E-state index in [1.54, 1.807) is 7.11 Å². The number of nitrogens with zero attached hydrogens (tertiary/aromatic N) is 1. The van der Waals surface area contributed by atoms with Gasteiger partial charge in [-0.25, -0.2) is 4.99 Å². The molecule has 1 fully saturated rings. The Balaban J connectivity index is 1.94. The molecule has 5 heteroatoms. The lowest BCUT2D eigenvalue weighted by Crippen LogP contribution is -2.32. The minimum Gasteiger partial charge on any atom is -0.493 e. The van der Waals surface area contributed by atoms with Crippen molar-refractivity contribution in [3.8, 4) is 11.5 Å². The van der Waals surface area contributed by atoms with Gasteiger partial charge in [-0.15, -0.1) is 0 Å². The summed E-state index contributed by atoms with van der Waals surface area (Å²) in [6, 6.07) is 5.96. The van der Waals surface area contributed by atoms with Crippen LogP contribution >= 0.6 is 0 Å². The van der Waals surface area contributed by atoms with Crippen molar-refractivity contribution in [2.24, 2.45) is 16.6 Å². The number of nitrogens with two attached hydrogens (primary N) is 1. The minimum absolute atomic E-state index is 0.306. The fourth-order valence-corrected chi connectivity index (χ4v) is 2.82. The lowest BCUT2D eigenvalue weighted by Gasteiger charge is -2.16. The van der Waals surface area contributed by atoms with Crippen LogP contribution in [0.15, 0.2) is 23.2 Å². The van der Waals surface area contributed by atoms with Gasteiger partial charge in [-0.3, -0.25) is 0 Å².